The third-order valence-electron chi connectivity index (χ3n) is 3.49. The number of nitrogens with zero attached hydrogens (tertiary/aromatic N) is 2. The third-order valence-corrected chi connectivity index (χ3v) is 3.49. The zero-order valence-corrected chi connectivity index (χ0v) is 10.0. The van der Waals surface area contributed by atoms with Gasteiger partial charge in [-0.25, -0.2) is 4.98 Å². The highest BCUT2D eigenvalue weighted by atomic mass is 16.5. The normalized spacial score (nSPS) is 17.5. The molecule has 1 N–H and O–H groups in total. The van der Waals surface area contributed by atoms with Crippen LogP contribution in [0.15, 0.2) is 24.5 Å². The second kappa shape index (κ2) is 4.37. The quantitative estimate of drug-likeness (QED) is 0.859. The fourth-order valence-corrected chi connectivity index (χ4v) is 2.57. The topological polar surface area (TPSA) is 39.1 Å². The van der Waals surface area contributed by atoms with Gasteiger partial charge in [0.2, 0.25) is 0 Å². The molecule has 2 heterocycles. The molecule has 0 radical (unpaired) electrons. The van der Waals surface area contributed by atoms with Crippen LogP contribution in [0.2, 0.25) is 0 Å². The van der Waals surface area contributed by atoms with E-state index in [9.17, 15) is 0 Å². The molecule has 0 aliphatic carbocycles. The van der Waals surface area contributed by atoms with E-state index in [1.165, 1.54) is 18.4 Å². The van der Waals surface area contributed by atoms with Crippen molar-refractivity contribution in [2.24, 2.45) is 0 Å². The van der Waals surface area contributed by atoms with E-state index in [-0.39, 0.29) is 0 Å². The van der Waals surface area contributed by atoms with Gasteiger partial charge in [-0.3, -0.25) is 0 Å². The number of aromatic nitrogens is 2. The van der Waals surface area contributed by atoms with Crippen LogP contribution in [-0.2, 0) is 0 Å². The molecular weight excluding hydrogens is 214 g/mol. The van der Waals surface area contributed by atoms with E-state index in [4.69, 9.17) is 4.74 Å². The summed E-state index contributed by atoms with van der Waals surface area (Å²) in [6, 6.07) is 6.67. The Labute approximate surface area is 101 Å². The van der Waals surface area contributed by atoms with E-state index in [1.54, 1.807) is 7.11 Å². The Balaban J connectivity index is 2.05. The van der Waals surface area contributed by atoms with Gasteiger partial charge < -0.3 is 14.6 Å². The minimum absolute atomic E-state index is 0.563. The molecule has 4 nitrogen and oxygen atoms in total. The lowest BCUT2D eigenvalue weighted by Gasteiger charge is -2.24. The predicted molar refractivity (Wildman–Crippen MR) is 67.4 cm³/mol. The summed E-state index contributed by atoms with van der Waals surface area (Å²) in [5.41, 5.74) is 2.14. The number of imidazole rings is 1. The van der Waals surface area contributed by atoms with E-state index >= 15 is 0 Å². The third kappa shape index (κ3) is 1.78. The van der Waals surface area contributed by atoms with Crippen molar-refractivity contribution in [1.82, 2.24) is 14.9 Å². The molecule has 0 unspecified atom stereocenters. The first-order valence-corrected chi connectivity index (χ1v) is 6.10. The van der Waals surface area contributed by atoms with Gasteiger partial charge in [0.1, 0.15) is 11.3 Å². The highest BCUT2D eigenvalue weighted by molar-refractivity contribution is 5.82. The average Bonchev–Trinajstić information content (AvgIpc) is 2.83. The van der Waals surface area contributed by atoms with Crippen molar-refractivity contribution < 1.29 is 4.74 Å². The molecule has 0 bridgehead atoms. The maximum Gasteiger partial charge on any atom is 0.146 e. The fraction of sp³-hybridized carbons (Fsp3) is 0.462. The van der Waals surface area contributed by atoms with Gasteiger partial charge >= 0.3 is 0 Å². The van der Waals surface area contributed by atoms with Gasteiger partial charge in [0.15, 0.2) is 0 Å². The monoisotopic (exact) mass is 231 g/mol. The maximum absolute atomic E-state index is 5.34. The zero-order valence-electron chi connectivity index (χ0n) is 10.0. The van der Waals surface area contributed by atoms with E-state index in [2.05, 4.69) is 20.9 Å². The van der Waals surface area contributed by atoms with Crippen molar-refractivity contribution in [2.45, 2.75) is 18.9 Å². The van der Waals surface area contributed by atoms with Crippen LogP contribution in [0.3, 0.4) is 0 Å². The summed E-state index contributed by atoms with van der Waals surface area (Å²) >= 11 is 0. The largest absolute Gasteiger partial charge is 0.494 e. The van der Waals surface area contributed by atoms with Gasteiger partial charge in [0.05, 0.1) is 19.0 Å². The summed E-state index contributed by atoms with van der Waals surface area (Å²) in [5.74, 6) is 0.857. The minimum Gasteiger partial charge on any atom is -0.494 e. The lowest BCUT2D eigenvalue weighted by atomic mass is 10.1. The predicted octanol–water partition coefficient (Wildman–Crippen LogP) is 1.97. The van der Waals surface area contributed by atoms with Crippen molar-refractivity contribution >= 4 is 11.0 Å². The smallest absolute Gasteiger partial charge is 0.146 e. The number of fused-ring (bicyclic) bond motifs is 1. The van der Waals surface area contributed by atoms with E-state index in [0.29, 0.717) is 6.04 Å². The van der Waals surface area contributed by atoms with Crippen LogP contribution in [-0.4, -0.2) is 29.8 Å². The Morgan fingerprint density at radius 2 is 2.18 bits per heavy atom. The number of para-hydroxylation sites is 1. The van der Waals surface area contributed by atoms with Crippen LogP contribution in [0.4, 0.5) is 0 Å². The van der Waals surface area contributed by atoms with Gasteiger partial charge in [0, 0.05) is 6.04 Å². The van der Waals surface area contributed by atoms with E-state index in [1.807, 2.05) is 18.5 Å². The summed E-state index contributed by atoms with van der Waals surface area (Å²) in [4.78, 5) is 4.48. The Hall–Kier alpha value is -1.55. The Bertz CT molecular complexity index is 514. The highest BCUT2D eigenvalue weighted by Gasteiger charge is 2.17. The minimum atomic E-state index is 0.563. The van der Waals surface area contributed by atoms with Crippen molar-refractivity contribution in [3.8, 4) is 5.75 Å². The molecule has 1 aromatic carbocycles. The first kappa shape index (κ1) is 10.6. The average molecular weight is 231 g/mol. The number of benzene rings is 1. The molecular formula is C13H17N3O. The van der Waals surface area contributed by atoms with Gasteiger partial charge in [0.25, 0.3) is 0 Å². The summed E-state index contributed by atoms with van der Waals surface area (Å²) in [7, 11) is 1.69. The standard InChI is InChI=1S/C13H17N3O/c1-17-12-4-2-3-11-13(12)15-9-16(11)10-5-7-14-8-6-10/h2-4,9-10,14H,5-8H2,1H3. The van der Waals surface area contributed by atoms with E-state index < -0.39 is 0 Å². The molecule has 1 aliphatic rings. The number of hydrogen-bond acceptors (Lipinski definition) is 3. The molecule has 90 valence electrons. The molecule has 0 saturated carbocycles. The first-order chi connectivity index (χ1) is 8.40. The van der Waals surface area contributed by atoms with Gasteiger partial charge in [-0.1, -0.05) is 6.07 Å². The lowest BCUT2D eigenvalue weighted by molar-refractivity contribution is 0.374. The molecule has 0 spiro atoms. The van der Waals surface area contributed by atoms with Crippen molar-refractivity contribution in [2.75, 3.05) is 20.2 Å². The van der Waals surface area contributed by atoms with Crippen LogP contribution in [0.25, 0.3) is 11.0 Å². The highest BCUT2D eigenvalue weighted by Crippen LogP contribution is 2.28. The fourth-order valence-electron chi connectivity index (χ4n) is 2.57. The molecule has 3 rings (SSSR count). The van der Waals surface area contributed by atoms with Crippen LogP contribution in [0.1, 0.15) is 18.9 Å². The maximum atomic E-state index is 5.34. The second-order valence-electron chi connectivity index (χ2n) is 4.46. The second-order valence-corrected chi connectivity index (χ2v) is 4.46. The molecule has 4 heteroatoms. The molecule has 1 aromatic heterocycles. The van der Waals surface area contributed by atoms with Crippen molar-refractivity contribution in [3.05, 3.63) is 24.5 Å². The van der Waals surface area contributed by atoms with Crippen LogP contribution >= 0.6 is 0 Å². The Morgan fingerprint density at radius 3 is 2.94 bits per heavy atom. The summed E-state index contributed by atoms with van der Waals surface area (Å²) in [5, 5.41) is 3.39. The summed E-state index contributed by atoms with van der Waals surface area (Å²) < 4.78 is 7.63. The molecule has 1 fully saturated rings. The zero-order chi connectivity index (χ0) is 11.7. The van der Waals surface area contributed by atoms with Gasteiger partial charge in [-0.2, -0.15) is 0 Å². The molecule has 17 heavy (non-hydrogen) atoms. The number of methoxy groups -OCH3 is 1. The van der Waals surface area contributed by atoms with Crippen LogP contribution < -0.4 is 10.1 Å². The van der Waals surface area contributed by atoms with Crippen molar-refractivity contribution in [1.29, 1.82) is 0 Å². The van der Waals surface area contributed by atoms with E-state index in [0.717, 1.165) is 24.4 Å². The van der Waals surface area contributed by atoms with Crippen molar-refractivity contribution in [3.63, 3.8) is 0 Å². The first-order valence-electron chi connectivity index (χ1n) is 6.10. The molecule has 1 saturated heterocycles. The summed E-state index contributed by atoms with van der Waals surface area (Å²) in [6.07, 6.45) is 4.29. The number of hydrogen-bond donors (Lipinski definition) is 1. The molecule has 1 aliphatic heterocycles. The number of rotatable bonds is 2. The molecule has 0 atom stereocenters. The number of ether oxygens (including phenoxy) is 1. The van der Waals surface area contributed by atoms with Crippen LogP contribution in [0, 0.1) is 0 Å². The lowest BCUT2D eigenvalue weighted by Crippen LogP contribution is -2.29. The van der Waals surface area contributed by atoms with Crippen LogP contribution in [0.5, 0.6) is 5.75 Å². The number of nitrogens with one attached hydrogen (secondary N) is 1. The molecule has 0 amide bonds. The number of piperidine rings is 1. The van der Waals surface area contributed by atoms with Gasteiger partial charge in [-0.15, -0.1) is 0 Å². The van der Waals surface area contributed by atoms with Gasteiger partial charge in [-0.05, 0) is 38.1 Å². The Morgan fingerprint density at radius 1 is 1.35 bits per heavy atom. The summed E-state index contributed by atoms with van der Waals surface area (Å²) in [6.45, 7) is 2.18. The SMILES string of the molecule is COc1cccc2c1ncn2C1CCNCC1. The molecule has 2 aromatic rings. The Kier molecular flexibility index (Phi) is 2.73.